The summed E-state index contributed by atoms with van der Waals surface area (Å²) < 4.78 is 0. The Kier molecular flexibility index (Phi) is 2.91. The van der Waals surface area contributed by atoms with Crippen LogP contribution < -0.4 is 0 Å². The highest BCUT2D eigenvalue weighted by molar-refractivity contribution is 5.23. The molecule has 4 nitrogen and oxygen atoms in total. The van der Waals surface area contributed by atoms with E-state index in [2.05, 4.69) is 29.0 Å². The first-order valence-corrected chi connectivity index (χ1v) is 4.23. The number of hydrogen-bond donors (Lipinski definition) is 0. The maximum atomic E-state index is 8.70. The van der Waals surface area contributed by atoms with Crippen LogP contribution in [0.25, 0.3) is 0 Å². The van der Waals surface area contributed by atoms with Crippen LogP contribution in [0.3, 0.4) is 0 Å². The average molecular weight is 176 g/mol. The van der Waals surface area contributed by atoms with Crippen LogP contribution in [0.1, 0.15) is 31.1 Å². The molecule has 0 N–H and O–H groups in total. The second kappa shape index (κ2) is 3.94. The van der Waals surface area contributed by atoms with Crippen molar-refractivity contribution >= 4 is 0 Å². The summed E-state index contributed by atoms with van der Waals surface area (Å²) in [7, 11) is 0. The number of rotatable bonds is 2. The van der Waals surface area contributed by atoms with Gasteiger partial charge in [0.2, 0.25) is 0 Å². The van der Waals surface area contributed by atoms with Crippen molar-refractivity contribution < 1.29 is 0 Å². The van der Waals surface area contributed by atoms with Gasteiger partial charge in [0.1, 0.15) is 6.07 Å². The molecule has 0 bridgehead atoms. The topological polar surface area (TPSA) is 62.5 Å². The van der Waals surface area contributed by atoms with Gasteiger partial charge in [-0.1, -0.05) is 13.8 Å². The highest BCUT2D eigenvalue weighted by atomic mass is 15.2. The van der Waals surface area contributed by atoms with Crippen molar-refractivity contribution in [3.05, 3.63) is 17.2 Å². The molecule has 0 aromatic carbocycles. The van der Waals surface area contributed by atoms with Gasteiger partial charge in [-0.2, -0.15) is 10.4 Å². The van der Waals surface area contributed by atoms with E-state index >= 15 is 0 Å². The van der Waals surface area contributed by atoms with Gasteiger partial charge in [-0.3, -0.25) is 0 Å². The van der Waals surface area contributed by atoms with Crippen molar-refractivity contribution in [1.29, 1.82) is 5.26 Å². The zero-order valence-electron chi connectivity index (χ0n) is 8.07. The fraction of sp³-hybridized carbons (Fsp3) is 0.556. The molecule has 0 saturated heterocycles. The number of aryl methyl sites for hydroxylation is 1. The fourth-order valence-corrected chi connectivity index (χ4v) is 0.970. The SMILES string of the molecule is Cc1nnc(CC(C)C)nc1C#N. The molecule has 13 heavy (non-hydrogen) atoms. The van der Waals surface area contributed by atoms with Crippen LogP contribution >= 0.6 is 0 Å². The van der Waals surface area contributed by atoms with Gasteiger partial charge in [-0.05, 0) is 12.8 Å². The molecule has 0 radical (unpaired) electrons. The number of aromatic nitrogens is 3. The molecule has 1 aromatic rings. The standard InChI is InChI=1S/C9H12N4/c1-6(2)4-9-11-8(5-10)7(3)12-13-9/h6H,4H2,1-3H3. The summed E-state index contributed by atoms with van der Waals surface area (Å²) in [5.41, 5.74) is 0.973. The molecule has 0 atom stereocenters. The van der Waals surface area contributed by atoms with E-state index in [-0.39, 0.29) is 0 Å². The summed E-state index contributed by atoms with van der Waals surface area (Å²) in [5.74, 6) is 1.13. The summed E-state index contributed by atoms with van der Waals surface area (Å²) in [6.45, 7) is 5.89. The van der Waals surface area contributed by atoms with Gasteiger partial charge in [-0.25, -0.2) is 4.98 Å². The first kappa shape index (κ1) is 9.59. The minimum absolute atomic E-state index is 0.380. The van der Waals surface area contributed by atoms with Gasteiger partial charge in [0.25, 0.3) is 0 Å². The zero-order valence-corrected chi connectivity index (χ0v) is 8.07. The number of nitrogens with zero attached hydrogens (tertiary/aromatic N) is 4. The van der Waals surface area contributed by atoms with Crippen LogP contribution in [-0.4, -0.2) is 15.2 Å². The molecule has 0 spiro atoms. The van der Waals surface area contributed by atoms with E-state index in [0.29, 0.717) is 23.1 Å². The minimum atomic E-state index is 0.380. The quantitative estimate of drug-likeness (QED) is 0.680. The summed E-state index contributed by atoms with van der Waals surface area (Å²) in [6.07, 6.45) is 0.766. The monoisotopic (exact) mass is 176 g/mol. The van der Waals surface area contributed by atoms with Crippen LogP contribution in [0.2, 0.25) is 0 Å². The molecule has 1 rings (SSSR count). The van der Waals surface area contributed by atoms with Crippen LogP contribution in [0, 0.1) is 24.2 Å². The maximum Gasteiger partial charge on any atom is 0.165 e. The van der Waals surface area contributed by atoms with Crippen LogP contribution in [0.4, 0.5) is 0 Å². The Labute approximate surface area is 77.6 Å². The molecule has 0 saturated carbocycles. The maximum absolute atomic E-state index is 8.70. The highest BCUT2D eigenvalue weighted by Crippen LogP contribution is 2.04. The molecular weight excluding hydrogens is 164 g/mol. The lowest BCUT2D eigenvalue weighted by Gasteiger charge is -2.02. The van der Waals surface area contributed by atoms with E-state index in [1.54, 1.807) is 6.92 Å². The Morgan fingerprint density at radius 3 is 2.62 bits per heavy atom. The predicted molar refractivity (Wildman–Crippen MR) is 47.8 cm³/mol. The molecule has 0 aliphatic heterocycles. The van der Waals surface area contributed by atoms with Gasteiger partial charge < -0.3 is 0 Å². The van der Waals surface area contributed by atoms with E-state index in [1.165, 1.54) is 0 Å². The smallest absolute Gasteiger partial charge is 0.165 e. The van der Waals surface area contributed by atoms with Crippen LogP contribution in [0.15, 0.2) is 0 Å². The third-order valence-electron chi connectivity index (χ3n) is 1.60. The van der Waals surface area contributed by atoms with E-state index in [4.69, 9.17) is 5.26 Å². The Bertz CT molecular complexity index is 338. The Morgan fingerprint density at radius 1 is 1.38 bits per heavy atom. The average Bonchev–Trinajstić information content (AvgIpc) is 2.07. The third kappa shape index (κ3) is 2.48. The fourth-order valence-electron chi connectivity index (χ4n) is 0.970. The summed E-state index contributed by atoms with van der Waals surface area (Å²) in [4.78, 5) is 4.10. The molecule has 0 aliphatic rings. The van der Waals surface area contributed by atoms with Crippen molar-refractivity contribution in [3.8, 4) is 6.07 Å². The third-order valence-corrected chi connectivity index (χ3v) is 1.60. The Balaban J connectivity index is 2.95. The van der Waals surface area contributed by atoms with Gasteiger partial charge in [0.15, 0.2) is 11.5 Å². The highest BCUT2D eigenvalue weighted by Gasteiger charge is 2.05. The van der Waals surface area contributed by atoms with E-state index < -0.39 is 0 Å². The molecule has 0 aliphatic carbocycles. The van der Waals surface area contributed by atoms with Gasteiger partial charge in [0, 0.05) is 6.42 Å². The molecule has 0 amide bonds. The molecular formula is C9H12N4. The van der Waals surface area contributed by atoms with E-state index in [1.807, 2.05) is 6.07 Å². The molecule has 1 heterocycles. The lowest BCUT2D eigenvalue weighted by Crippen LogP contribution is -2.06. The van der Waals surface area contributed by atoms with E-state index in [0.717, 1.165) is 6.42 Å². The lowest BCUT2D eigenvalue weighted by molar-refractivity contribution is 0.607. The summed E-state index contributed by atoms with van der Waals surface area (Å²) in [6, 6.07) is 2.00. The van der Waals surface area contributed by atoms with Crippen molar-refractivity contribution in [1.82, 2.24) is 15.2 Å². The minimum Gasteiger partial charge on any atom is -0.218 e. The first-order chi connectivity index (χ1) is 6.13. The first-order valence-electron chi connectivity index (χ1n) is 4.23. The zero-order chi connectivity index (χ0) is 9.84. The Hall–Kier alpha value is -1.50. The second-order valence-corrected chi connectivity index (χ2v) is 3.37. The predicted octanol–water partition coefficient (Wildman–Crippen LogP) is 1.25. The molecule has 0 unspecified atom stereocenters. The summed E-state index contributed by atoms with van der Waals surface area (Å²) >= 11 is 0. The van der Waals surface area contributed by atoms with Gasteiger partial charge in [0.05, 0.1) is 5.69 Å². The van der Waals surface area contributed by atoms with Crippen LogP contribution in [0.5, 0.6) is 0 Å². The largest absolute Gasteiger partial charge is 0.218 e. The van der Waals surface area contributed by atoms with Crippen LogP contribution in [-0.2, 0) is 6.42 Å². The van der Waals surface area contributed by atoms with Crippen molar-refractivity contribution in [2.75, 3.05) is 0 Å². The van der Waals surface area contributed by atoms with Gasteiger partial charge in [-0.15, -0.1) is 5.10 Å². The molecule has 4 heteroatoms. The van der Waals surface area contributed by atoms with Crippen molar-refractivity contribution in [2.45, 2.75) is 27.2 Å². The van der Waals surface area contributed by atoms with Gasteiger partial charge >= 0.3 is 0 Å². The molecule has 68 valence electrons. The number of hydrogen-bond acceptors (Lipinski definition) is 4. The second-order valence-electron chi connectivity index (χ2n) is 3.37. The molecule has 0 fully saturated rings. The Morgan fingerprint density at radius 2 is 2.08 bits per heavy atom. The van der Waals surface area contributed by atoms with E-state index in [9.17, 15) is 0 Å². The normalized spacial score (nSPS) is 10.1. The molecule has 1 aromatic heterocycles. The lowest BCUT2D eigenvalue weighted by atomic mass is 10.1. The van der Waals surface area contributed by atoms with Crippen molar-refractivity contribution in [3.63, 3.8) is 0 Å². The van der Waals surface area contributed by atoms with Crippen molar-refractivity contribution in [2.24, 2.45) is 5.92 Å². The number of nitriles is 1. The summed E-state index contributed by atoms with van der Waals surface area (Å²) in [5, 5.41) is 16.5.